The Balaban J connectivity index is 1.63. The van der Waals surface area contributed by atoms with Crippen LogP contribution in [-0.4, -0.2) is 37.9 Å². The number of likely N-dealkylation sites (tertiary alicyclic amines) is 1. The van der Waals surface area contributed by atoms with Crippen molar-refractivity contribution in [3.8, 4) is 6.07 Å². The molecule has 1 aliphatic rings. The van der Waals surface area contributed by atoms with Crippen molar-refractivity contribution in [2.24, 2.45) is 0 Å². The Bertz CT molecular complexity index is 640. The predicted octanol–water partition coefficient (Wildman–Crippen LogP) is 1.54. The van der Waals surface area contributed by atoms with E-state index in [9.17, 15) is 0 Å². The predicted molar refractivity (Wildman–Crippen MR) is 74.2 cm³/mol. The van der Waals surface area contributed by atoms with Crippen LogP contribution >= 0.6 is 0 Å². The van der Waals surface area contributed by atoms with E-state index in [2.05, 4.69) is 26.2 Å². The van der Waals surface area contributed by atoms with Gasteiger partial charge in [0, 0.05) is 19.2 Å². The average Bonchev–Trinajstić information content (AvgIpc) is 3.23. The highest BCUT2D eigenvalue weighted by molar-refractivity contribution is 5.21. The molecule has 21 heavy (non-hydrogen) atoms. The second kappa shape index (κ2) is 6.06. The van der Waals surface area contributed by atoms with Crippen molar-refractivity contribution in [2.75, 3.05) is 13.1 Å². The van der Waals surface area contributed by atoms with Gasteiger partial charge in [0.1, 0.15) is 6.07 Å². The second-order valence-electron chi connectivity index (χ2n) is 5.20. The Morgan fingerprint density at radius 1 is 1.48 bits per heavy atom. The molecule has 1 atom stereocenters. The number of nitriles is 1. The maximum atomic E-state index is 8.81. The van der Waals surface area contributed by atoms with Crippen LogP contribution in [0.1, 0.15) is 43.1 Å². The smallest absolute Gasteiger partial charge is 0.226 e. The van der Waals surface area contributed by atoms with Crippen LogP contribution in [0.5, 0.6) is 0 Å². The SMILES string of the molecule is CCc1nc([C@@H]2CCCN2CCn2cc(C#N)cn2)no1. The largest absolute Gasteiger partial charge is 0.339 e. The number of hydrogen-bond acceptors (Lipinski definition) is 6. The molecule has 1 aliphatic heterocycles. The molecule has 0 radical (unpaired) electrons. The van der Waals surface area contributed by atoms with Crippen LogP contribution in [-0.2, 0) is 13.0 Å². The Morgan fingerprint density at radius 3 is 3.10 bits per heavy atom. The summed E-state index contributed by atoms with van der Waals surface area (Å²) in [6, 6.07) is 2.33. The lowest BCUT2D eigenvalue weighted by atomic mass is 10.2. The molecule has 110 valence electrons. The molecular formula is C14H18N6O. The zero-order chi connectivity index (χ0) is 14.7. The van der Waals surface area contributed by atoms with E-state index in [4.69, 9.17) is 9.78 Å². The molecule has 3 rings (SSSR count). The highest BCUT2D eigenvalue weighted by Crippen LogP contribution is 2.29. The summed E-state index contributed by atoms with van der Waals surface area (Å²) in [6.45, 7) is 4.67. The molecule has 0 aliphatic carbocycles. The first-order valence-corrected chi connectivity index (χ1v) is 7.29. The van der Waals surface area contributed by atoms with Gasteiger partial charge in [-0.05, 0) is 19.4 Å². The highest BCUT2D eigenvalue weighted by atomic mass is 16.5. The van der Waals surface area contributed by atoms with Crippen LogP contribution in [0.3, 0.4) is 0 Å². The summed E-state index contributed by atoms with van der Waals surface area (Å²) < 4.78 is 7.02. The van der Waals surface area contributed by atoms with Crippen LogP contribution < -0.4 is 0 Å². The molecule has 0 aromatic carbocycles. The van der Waals surface area contributed by atoms with Crippen molar-refractivity contribution >= 4 is 0 Å². The minimum Gasteiger partial charge on any atom is -0.339 e. The van der Waals surface area contributed by atoms with E-state index in [-0.39, 0.29) is 6.04 Å². The van der Waals surface area contributed by atoms with Crippen molar-refractivity contribution in [3.63, 3.8) is 0 Å². The molecule has 0 unspecified atom stereocenters. The van der Waals surface area contributed by atoms with Gasteiger partial charge in [-0.15, -0.1) is 0 Å². The van der Waals surface area contributed by atoms with Crippen molar-refractivity contribution in [1.29, 1.82) is 5.26 Å². The third-order valence-corrected chi connectivity index (χ3v) is 3.83. The second-order valence-corrected chi connectivity index (χ2v) is 5.20. The molecular weight excluding hydrogens is 268 g/mol. The van der Waals surface area contributed by atoms with Crippen LogP contribution in [0.25, 0.3) is 0 Å². The summed E-state index contributed by atoms with van der Waals surface area (Å²) in [6.07, 6.45) is 6.33. The van der Waals surface area contributed by atoms with Crippen LogP contribution in [0.15, 0.2) is 16.9 Å². The molecule has 2 aromatic heterocycles. The number of nitrogens with zero attached hydrogens (tertiary/aromatic N) is 6. The lowest BCUT2D eigenvalue weighted by molar-refractivity contribution is 0.230. The fraction of sp³-hybridized carbons (Fsp3) is 0.571. The molecule has 0 amide bonds. The van der Waals surface area contributed by atoms with Gasteiger partial charge in [-0.3, -0.25) is 9.58 Å². The zero-order valence-electron chi connectivity index (χ0n) is 12.1. The van der Waals surface area contributed by atoms with Gasteiger partial charge in [0.2, 0.25) is 5.89 Å². The van der Waals surface area contributed by atoms with Gasteiger partial charge >= 0.3 is 0 Å². The summed E-state index contributed by atoms with van der Waals surface area (Å²) in [5.41, 5.74) is 0.596. The third-order valence-electron chi connectivity index (χ3n) is 3.83. The summed E-state index contributed by atoms with van der Waals surface area (Å²) in [5, 5.41) is 17.1. The molecule has 7 nitrogen and oxygen atoms in total. The molecule has 1 saturated heterocycles. The van der Waals surface area contributed by atoms with E-state index < -0.39 is 0 Å². The zero-order valence-corrected chi connectivity index (χ0v) is 12.1. The van der Waals surface area contributed by atoms with Gasteiger partial charge in [0.15, 0.2) is 5.82 Å². The van der Waals surface area contributed by atoms with Gasteiger partial charge in [0.25, 0.3) is 0 Å². The van der Waals surface area contributed by atoms with E-state index in [1.807, 2.05) is 11.6 Å². The number of rotatable bonds is 5. The van der Waals surface area contributed by atoms with Gasteiger partial charge in [-0.2, -0.15) is 15.3 Å². The number of hydrogen-bond donors (Lipinski definition) is 0. The minimum atomic E-state index is 0.236. The molecule has 0 bridgehead atoms. The Hall–Kier alpha value is -2.20. The summed E-state index contributed by atoms with van der Waals surface area (Å²) in [5.74, 6) is 1.49. The fourth-order valence-corrected chi connectivity index (χ4v) is 2.71. The van der Waals surface area contributed by atoms with Crippen LogP contribution in [0, 0.1) is 11.3 Å². The minimum absolute atomic E-state index is 0.236. The van der Waals surface area contributed by atoms with Crippen molar-refractivity contribution in [1.82, 2.24) is 24.8 Å². The first kappa shape index (κ1) is 13.8. The Morgan fingerprint density at radius 2 is 2.38 bits per heavy atom. The van der Waals surface area contributed by atoms with E-state index in [1.165, 1.54) is 0 Å². The first-order chi connectivity index (χ1) is 10.3. The molecule has 7 heteroatoms. The molecule has 2 aromatic rings. The van der Waals surface area contributed by atoms with Crippen LogP contribution in [0.4, 0.5) is 0 Å². The van der Waals surface area contributed by atoms with E-state index in [0.717, 1.165) is 44.7 Å². The van der Waals surface area contributed by atoms with Crippen molar-refractivity contribution in [3.05, 3.63) is 29.7 Å². The number of aromatic nitrogens is 4. The molecule has 3 heterocycles. The summed E-state index contributed by atoms with van der Waals surface area (Å²) >= 11 is 0. The van der Waals surface area contributed by atoms with Gasteiger partial charge in [-0.1, -0.05) is 12.1 Å². The van der Waals surface area contributed by atoms with E-state index >= 15 is 0 Å². The molecule has 0 saturated carbocycles. The van der Waals surface area contributed by atoms with Crippen molar-refractivity contribution in [2.45, 2.75) is 38.8 Å². The summed E-state index contributed by atoms with van der Waals surface area (Å²) in [4.78, 5) is 6.81. The fourth-order valence-electron chi connectivity index (χ4n) is 2.71. The lowest BCUT2D eigenvalue weighted by Gasteiger charge is -2.21. The lowest BCUT2D eigenvalue weighted by Crippen LogP contribution is -2.28. The Labute approximate surface area is 123 Å². The highest BCUT2D eigenvalue weighted by Gasteiger charge is 2.29. The van der Waals surface area contributed by atoms with Crippen LogP contribution in [0.2, 0.25) is 0 Å². The average molecular weight is 286 g/mol. The standard InChI is InChI=1S/C14H18N6O/c1-2-13-17-14(18-21-13)12-4-3-5-19(12)6-7-20-10-11(8-15)9-16-20/h9-10,12H,2-7H2,1H3/t12-/m0/s1. The Kier molecular flexibility index (Phi) is 3.97. The van der Waals surface area contributed by atoms with E-state index in [0.29, 0.717) is 11.5 Å². The van der Waals surface area contributed by atoms with Gasteiger partial charge in [0.05, 0.1) is 24.3 Å². The number of aryl methyl sites for hydroxylation is 1. The normalized spacial score (nSPS) is 19.0. The monoisotopic (exact) mass is 286 g/mol. The van der Waals surface area contributed by atoms with Gasteiger partial charge < -0.3 is 4.52 Å². The molecule has 0 N–H and O–H groups in total. The summed E-state index contributed by atoms with van der Waals surface area (Å²) in [7, 11) is 0. The van der Waals surface area contributed by atoms with Crippen molar-refractivity contribution < 1.29 is 4.52 Å². The van der Waals surface area contributed by atoms with E-state index in [1.54, 1.807) is 12.4 Å². The molecule has 0 spiro atoms. The third kappa shape index (κ3) is 2.95. The molecule has 1 fully saturated rings. The quantitative estimate of drug-likeness (QED) is 0.829. The maximum absolute atomic E-state index is 8.81. The first-order valence-electron chi connectivity index (χ1n) is 7.29. The van der Waals surface area contributed by atoms with Gasteiger partial charge in [-0.25, -0.2) is 0 Å². The maximum Gasteiger partial charge on any atom is 0.226 e. The topological polar surface area (TPSA) is 83.8 Å².